The molecule has 0 bridgehead atoms. The number of carbonyl (C=O) groups is 3. The van der Waals surface area contributed by atoms with Gasteiger partial charge in [-0.15, -0.1) is 0 Å². The Kier molecular flexibility index (Phi) is 4.62. The largest absolute Gasteiger partial charge is 0.491 e. The smallest absolute Gasteiger partial charge is 0.322 e. The Morgan fingerprint density at radius 2 is 1.85 bits per heavy atom. The Balaban J connectivity index is 1.68. The van der Waals surface area contributed by atoms with Gasteiger partial charge in [0, 0.05) is 12.6 Å². The highest BCUT2D eigenvalue weighted by Crippen LogP contribution is 2.25. The third-order valence-electron chi connectivity index (χ3n) is 4.02. The standard InChI is InChI=1S/C19H19N3O4/c1-12(23)20-15-5-3-4-14(10-15)13-6-8-16(9-7-13)26-11-19(2)17(24)21-18(25)22-19/h3-10H,11H2,1-2H3,(H,20,23)(H2,21,22,24,25). The van der Waals surface area contributed by atoms with Crippen molar-refractivity contribution >= 4 is 23.5 Å². The van der Waals surface area contributed by atoms with Crippen molar-refractivity contribution in [2.45, 2.75) is 19.4 Å². The lowest BCUT2D eigenvalue weighted by molar-refractivity contribution is -0.124. The zero-order valence-corrected chi connectivity index (χ0v) is 14.5. The van der Waals surface area contributed by atoms with E-state index in [-0.39, 0.29) is 12.5 Å². The van der Waals surface area contributed by atoms with Crippen molar-refractivity contribution < 1.29 is 19.1 Å². The maximum absolute atomic E-state index is 11.8. The molecule has 1 aliphatic rings. The SMILES string of the molecule is CC(=O)Nc1cccc(-c2ccc(OCC3(C)NC(=O)NC3=O)cc2)c1. The third kappa shape index (κ3) is 3.83. The Morgan fingerprint density at radius 1 is 1.12 bits per heavy atom. The predicted octanol–water partition coefficient (Wildman–Crippen LogP) is 2.29. The van der Waals surface area contributed by atoms with Crippen LogP contribution in [0.25, 0.3) is 11.1 Å². The molecule has 1 atom stereocenters. The zero-order valence-electron chi connectivity index (χ0n) is 14.5. The normalized spacial score (nSPS) is 18.8. The number of benzene rings is 2. The molecule has 1 aliphatic heterocycles. The maximum atomic E-state index is 11.8. The van der Waals surface area contributed by atoms with E-state index in [1.165, 1.54) is 6.92 Å². The first kappa shape index (κ1) is 17.5. The Hall–Kier alpha value is -3.35. The average Bonchev–Trinajstić information content (AvgIpc) is 2.85. The van der Waals surface area contributed by atoms with Crippen LogP contribution in [0, 0.1) is 0 Å². The molecule has 2 aromatic carbocycles. The second kappa shape index (κ2) is 6.87. The summed E-state index contributed by atoms with van der Waals surface area (Å²) in [6.45, 7) is 3.10. The molecule has 1 unspecified atom stereocenters. The van der Waals surface area contributed by atoms with Gasteiger partial charge in [-0.3, -0.25) is 14.9 Å². The molecule has 0 spiro atoms. The Morgan fingerprint density at radius 3 is 2.46 bits per heavy atom. The van der Waals surface area contributed by atoms with Gasteiger partial charge in [0.15, 0.2) is 5.54 Å². The maximum Gasteiger partial charge on any atom is 0.322 e. The van der Waals surface area contributed by atoms with E-state index in [2.05, 4.69) is 16.0 Å². The lowest BCUT2D eigenvalue weighted by Crippen LogP contribution is -2.48. The molecule has 7 heteroatoms. The summed E-state index contributed by atoms with van der Waals surface area (Å²) >= 11 is 0. The highest BCUT2D eigenvalue weighted by molar-refractivity contribution is 6.06. The topological polar surface area (TPSA) is 96.5 Å². The highest BCUT2D eigenvalue weighted by Gasteiger charge is 2.42. The van der Waals surface area contributed by atoms with Crippen molar-refractivity contribution in [2.24, 2.45) is 0 Å². The van der Waals surface area contributed by atoms with Crippen LogP contribution < -0.4 is 20.7 Å². The van der Waals surface area contributed by atoms with Gasteiger partial charge < -0.3 is 15.4 Å². The van der Waals surface area contributed by atoms with Gasteiger partial charge in [-0.05, 0) is 42.3 Å². The van der Waals surface area contributed by atoms with E-state index < -0.39 is 17.5 Å². The minimum Gasteiger partial charge on any atom is -0.491 e. The molecule has 3 N–H and O–H groups in total. The van der Waals surface area contributed by atoms with E-state index >= 15 is 0 Å². The van der Waals surface area contributed by atoms with E-state index in [4.69, 9.17) is 4.74 Å². The lowest BCUT2D eigenvalue weighted by Gasteiger charge is -2.20. The van der Waals surface area contributed by atoms with Crippen LogP contribution in [0.3, 0.4) is 0 Å². The first-order chi connectivity index (χ1) is 12.4. The number of carbonyl (C=O) groups excluding carboxylic acids is 3. The van der Waals surface area contributed by atoms with Gasteiger partial charge in [-0.25, -0.2) is 4.79 Å². The summed E-state index contributed by atoms with van der Waals surface area (Å²) < 4.78 is 5.65. The van der Waals surface area contributed by atoms with Gasteiger partial charge in [0.1, 0.15) is 12.4 Å². The fourth-order valence-corrected chi connectivity index (χ4v) is 2.63. The second-order valence-electron chi connectivity index (χ2n) is 6.32. The number of anilines is 1. The van der Waals surface area contributed by atoms with Crippen molar-refractivity contribution in [3.8, 4) is 16.9 Å². The molecule has 0 radical (unpaired) electrons. The second-order valence-corrected chi connectivity index (χ2v) is 6.32. The van der Waals surface area contributed by atoms with Crippen molar-refractivity contribution in [1.29, 1.82) is 0 Å². The molecular formula is C19H19N3O4. The molecule has 0 aromatic heterocycles. The predicted molar refractivity (Wildman–Crippen MR) is 96.8 cm³/mol. The fourth-order valence-electron chi connectivity index (χ4n) is 2.63. The molecule has 134 valence electrons. The van der Waals surface area contributed by atoms with Gasteiger partial charge in [0.25, 0.3) is 5.91 Å². The first-order valence-corrected chi connectivity index (χ1v) is 8.10. The molecule has 1 heterocycles. The van der Waals surface area contributed by atoms with Crippen molar-refractivity contribution in [3.05, 3.63) is 48.5 Å². The summed E-state index contributed by atoms with van der Waals surface area (Å²) in [5, 5.41) is 7.50. The molecule has 0 aliphatic carbocycles. The zero-order chi connectivity index (χ0) is 18.7. The average molecular weight is 353 g/mol. The van der Waals surface area contributed by atoms with Gasteiger partial charge in [-0.1, -0.05) is 24.3 Å². The molecule has 26 heavy (non-hydrogen) atoms. The summed E-state index contributed by atoms with van der Waals surface area (Å²) in [4.78, 5) is 34.2. The Labute approximate surface area is 150 Å². The van der Waals surface area contributed by atoms with E-state index in [0.717, 1.165) is 16.8 Å². The number of nitrogens with one attached hydrogen (secondary N) is 3. The number of urea groups is 1. The molecule has 1 saturated heterocycles. The van der Waals surface area contributed by atoms with E-state index in [9.17, 15) is 14.4 Å². The summed E-state index contributed by atoms with van der Waals surface area (Å²) in [5.41, 5.74) is 1.56. The van der Waals surface area contributed by atoms with Crippen LogP contribution in [0.1, 0.15) is 13.8 Å². The monoisotopic (exact) mass is 353 g/mol. The van der Waals surface area contributed by atoms with Crippen LogP contribution in [0.2, 0.25) is 0 Å². The Bertz CT molecular complexity index is 863. The van der Waals surface area contributed by atoms with Gasteiger partial charge in [0.2, 0.25) is 5.91 Å². The molecule has 4 amide bonds. The van der Waals surface area contributed by atoms with Crippen molar-refractivity contribution in [2.75, 3.05) is 11.9 Å². The summed E-state index contributed by atoms with van der Waals surface area (Å²) in [5.74, 6) is 0.0540. The highest BCUT2D eigenvalue weighted by atomic mass is 16.5. The van der Waals surface area contributed by atoms with E-state index in [1.54, 1.807) is 19.1 Å². The van der Waals surface area contributed by atoms with Crippen molar-refractivity contribution in [1.82, 2.24) is 10.6 Å². The molecule has 3 rings (SSSR count). The molecule has 0 saturated carbocycles. The van der Waals surface area contributed by atoms with Crippen LogP contribution in [0.4, 0.5) is 10.5 Å². The lowest BCUT2D eigenvalue weighted by atomic mass is 10.0. The summed E-state index contributed by atoms with van der Waals surface area (Å²) in [7, 11) is 0. The van der Waals surface area contributed by atoms with Crippen LogP contribution in [0.5, 0.6) is 5.75 Å². The molecule has 2 aromatic rings. The minimum absolute atomic E-state index is 0.0297. The number of hydrogen-bond acceptors (Lipinski definition) is 4. The number of ether oxygens (including phenoxy) is 1. The molecular weight excluding hydrogens is 334 g/mol. The van der Waals surface area contributed by atoms with E-state index in [1.807, 2.05) is 36.4 Å². The van der Waals surface area contributed by atoms with Gasteiger partial charge >= 0.3 is 6.03 Å². The van der Waals surface area contributed by atoms with Gasteiger partial charge in [0.05, 0.1) is 0 Å². The summed E-state index contributed by atoms with van der Waals surface area (Å²) in [6, 6.07) is 14.4. The molecule has 7 nitrogen and oxygen atoms in total. The number of rotatable bonds is 5. The van der Waals surface area contributed by atoms with Crippen LogP contribution >= 0.6 is 0 Å². The van der Waals surface area contributed by atoms with Crippen LogP contribution in [-0.2, 0) is 9.59 Å². The first-order valence-electron chi connectivity index (χ1n) is 8.10. The summed E-state index contributed by atoms with van der Waals surface area (Å²) in [6.07, 6.45) is 0. The van der Waals surface area contributed by atoms with Gasteiger partial charge in [-0.2, -0.15) is 0 Å². The van der Waals surface area contributed by atoms with E-state index in [0.29, 0.717) is 5.75 Å². The number of amides is 4. The number of imide groups is 1. The third-order valence-corrected chi connectivity index (χ3v) is 4.02. The fraction of sp³-hybridized carbons (Fsp3) is 0.211. The van der Waals surface area contributed by atoms with Crippen molar-refractivity contribution in [3.63, 3.8) is 0 Å². The number of hydrogen-bond donors (Lipinski definition) is 3. The van der Waals surface area contributed by atoms with Crippen LogP contribution in [0.15, 0.2) is 48.5 Å². The van der Waals surface area contributed by atoms with Crippen LogP contribution in [-0.4, -0.2) is 30.0 Å². The molecule has 1 fully saturated rings. The minimum atomic E-state index is -1.08. The quantitative estimate of drug-likeness (QED) is 0.719.